The van der Waals surface area contributed by atoms with Crippen LogP contribution in [0.3, 0.4) is 0 Å². The van der Waals surface area contributed by atoms with Crippen LogP contribution in [0, 0.1) is 5.92 Å². The van der Waals surface area contributed by atoms with Crippen LogP contribution in [0.4, 0.5) is 0 Å². The molecular weight excluding hydrogens is 262 g/mol. The number of nitrogens with two attached hydrogens (primary N) is 1. The minimum atomic E-state index is -3.86. The summed E-state index contributed by atoms with van der Waals surface area (Å²) in [5, 5.41) is 4.21. The molecule has 0 amide bonds. The first-order valence-electron chi connectivity index (χ1n) is 6.61. The summed E-state index contributed by atoms with van der Waals surface area (Å²) in [7, 11) is -3.86. The Morgan fingerprint density at radius 2 is 1.68 bits per heavy atom. The van der Waals surface area contributed by atoms with E-state index in [9.17, 15) is 13.2 Å². The standard InChI is InChI=1S/C14H19NO3S/c15-19(17,18)14(12-9-5-2-6-10-12)13(16)11-7-3-1-4-8-11/h1,3-4,7-8,12,14H,2,5-6,9-10H2,(H2,15,17,18). The van der Waals surface area contributed by atoms with E-state index in [1.165, 1.54) is 0 Å². The number of primary sulfonamides is 1. The average Bonchev–Trinajstić information content (AvgIpc) is 2.39. The Balaban J connectivity index is 2.30. The highest BCUT2D eigenvalue weighted by Gasteiger charge is 2.38. The first-order chi connectivity index (χ1) is 9.00. The maximum absolute atomic E-state index is 12.4. The van der Waals surface area contributed by atoms with Gasteiger partial charge >= 0.3 is 0 Å². The van der Waals surface area contributed by atoms with Crippen LogP contribution in [0.25, 0.3) is 0 Å². The van der Waals surface area contributed by atoms with E-state index in [4.69, 9.17) is 5.14 Å². The Hall–Kier alpha value is -1.20. The Morgan fingerprint density at radius 3 is 2.21 bits per heavy atom. The lowest BCUT2D eigenvalue weighted by Crippen LogP contribution is -2.42. The van der Waals surface area contributed by atoms with Gasteiger partial charge < -0.3 is 0 Å². The third-order valence-electron chi connectivity index (χ3n) is 3.75. The third-order valence-corrected chi connectivity index (χ3v) is 5.06. The molecule has 0 bridgehead atoms. The summed E-state index contributed by atoms with van der Waals surface area (Å²) in [5.41, 5.74) is 0.423. The van der Waals surface area contributed by atoms with Gasteiger partial charge in [-0.25, -0.2) is 13.6 Å². The number of benzene rings is 1. The largest absolute Gasteiger partial charge is 0.293 e. The molecule has 1 aromatic rings. The van der Waals surface area contributed by atoms with Gasteiger partial charge in [0.2, 0.25) is 10.0 Å². The lowest BCUT2D eigenvalue weighted by atomic mass is 9.84. The van der Waals surface area contributed by atoms with Crippen LogP contribution in [0.1, 0.15) is 42.5 Å². The van der Waals surface area contributed by atoms with Crippen LogP contribution >= 0.6 is 0 Å². The molecule has 1 fully saturated rings. The molecule has 2 N–H and O–H groups in total. The third kappa shape index (κ3) is 3.42. The van der Waals surface area contributed by atoms with Crippen molar-refractivity contribution in [2.45, 2.75) is 37.4 Å². The first kappa shape index (κ1) is 14.2. The Bertz CT molecular complexity index is 533. The van der Waals surface area contributed by atoms with Crippen molar-refractivity contribution in [3.8, 4) is 0 Å². The maximum atomic E-state index is 12.4. The highest BCUT2D eigenvalue weighted by atomic mass is 32.2. The van der Waals surface area contributed by atoms with Crippen molar-refractivity contribution in [3.05, 3.63) is 35.9 Å². The molecule has 1 aliphatic rings. The molecule has 0 radical (unpaired) electrons. The van der Waals surface area contributed by atoms with Crippen LogP contribution in [0.2, 0.25) is 0 Å². The summed E-state index contributed by atoms with van der Waals surface area (Å²) in [4.78, 5) is 12.4. The normalized spacial score (nSPS) is 19.0. The molecule has 104 valence electrons. The summed E-state index contributed by atoms with van der Waals surface area (Å²) < 4.78 is 23.6. The fraction of sp³-hybridized carbons (Fsp3) is 0.500. The molecule has 4 nitrogen and oxygen atoms in total. The van der Waals surface area contributed by atoms with E-state index in [1.54, 1.807) is 30.3 Å². The quantitative estimate of drug-likeness (QED) is 0.859. The van der Waals surface area contributed by atoms with Gasteiger partial charge in [-0.3, -0.25) is 4.79 Å². The van der Waals surface area contributed by atoms with Gasteiger partial charge in [0.25, 0.3) is 0 Å². The van der Waals surface area contributed by atoms with Crippen molar-refractivity contribution in [1.29, 1.82) is 0 Å². The van der Waals surface area contributed by atoms with E-state index >= 15 is 0 Å². The Kier molecular flexibility index (Phi) is 4.37. The van der Waals surface area contributed by atoms with Crippen LogP contribution in [0.5, 0.6) is 0 Å². The monoisotopic (exact) mass is 281 g/mol. The molecule has 0 heterocycles. The molecule has 1 atom stereocenters. The molecule has 0 spiro atoms. The van der Waals surface area contributed by atoms with E-state index in [0.717, 1.165) is 32.1 Å². The molecule has 1 aromatic carbocycles. The Labute approximate surface area is 114 Å². The predicted molar refractivity (Wildman–Crippen MR) is 74.2 cm³/mol. The van der Waals surface area contributed by atoms with E-state index in [1.807, 2.05) is 0 Å². The van der Waals surface area contributed by atoms with Crippen molar-refractivity contribution < 1.29 is 13.2 Å². The van der Waals surface area contributed by atoms with Gasteiger partial charge in [0.1, 0.15) is 5.25 Å². The summed E-state index contributed by atoms with van der Waals surface area (Å²) in [6.45, 7) is 0. The van der Waals surface area contributed by atoms with Crippen molar-refractivity contribution in [2.24, 2.45) is 11.1 Å². The average molecular weight is 281 g/mol. The van der Waals surface area contributed by atoms with E-state index in [2.05, 4.69) is 0 Å². The van der Waals surface area contributed by atoms with Gasteiger partial charge in [-0.15, -0.1) is 0 Å². The summed E-state index contributed by atoms with van der Waals surface area (Å²) >= 11 is 0. The van der Waals surface area contributed by atoms with Crippen molar-refractivity contribution >= 4 is 15.8 Å². The highest BCUT2D eigenvalue weighted by molar-refractivity contribution is 7.90. The number of Topliss-reactive ketones (excluding diaryl/α,β-unsaturated/α-hetero) is 1. The fourth-order valence-electron chi connectivity index (χ4n) is 2.84. The number of hydrogen-bond donors (Lipinski definition) is 1. The molecule has 19 heavy (non-hydrogen) atoms. The van der Waals surface area contributed by atoms with E-state index in [-0.39, 0.29) is 11.7 Å². The summed E-state index contributed by atoms with van der Waals surface area (Å²) in [5.74, 6) is -0.508. The maximum Gasteiger partial charge on any atom is 0.219 e. The second-order valence-corrected chi connectivity index (χ2v) is 6.82. The zero-order valence-electron chi connectivity index (χ0n) is 10.8. The molecule has 2 rings (SSSR count). The van der Waals surface area contributed by atoms with Crippen molar-refractivity contribution in [3.63, 3.8) is 0 Å². The topological polar surface area (TPSA) is 77.2 Å². The smallest absolute Gasteiger partial charge is 0.219 e. The zero-order valence-corrected chi connectivity index (χ0v) is 11.6. The number of carbonyl (C=O) groups excluding carboxylic acids is 1. The lowest BCUT2D eigenvalue weighted by molar-refractivity contribution is 0.0955. The van der Waals surface area contributed by atoms with Crippen LogP contribution in [0.15, 0.2) is 30.3 Å². The van der Waals surface area contributed by atoms with Crippen LogP contribution < -0.4 is 5.14 Å². The minimum absolute atomic E-state index is 0.142. The summed E-state index contributed by atoms with van der Waals surface area (Å²) in [6.07, 6.45) is 4.57. The molecule has 0 saturated heterocycles. The lowest BCUT2D eigenvalue weighted by Gasteiger charge is -2.27. The van der Waals surface area contributed by atoms with Crippen LogP contribution in [-0.2, 0) is 10.0 Å². The number of sulfonamides is 1. The zero-order chi connectivity index (χ0) is 13.9. The molecule has 1 saturated carbocycles. The minimum Gasteiger partial charge on any atom is -0.293 e. The van der Waals surface area contributed by atoms with Gasteiger partial charge in [-0.2, -0.15) is 0 Å². The van der Waals surface area contributed by atoms with Crippen LogP contribution in [-0.4, -0.2) is 19.5 Å². The fourth-order valence-corrected chi connectivity index (χ4v) is 4.08. The second-order valence-electron chi connectivity index (χ2n) is 5.14. The number of hydrogen-bond acceptors (Lipinski definition) is 3. The first-order valence-corrected chi connectivity index (χ1v) is 8.22. The molecule has 0 aliphatic heterocycles. The predicted octanol–water partition coefficient (Wildman–Crippen LogP) is 2.11. The molecule has 5 heteroatoms. The second kappa shape index (κ2) is 5.84. The van der Waals surface area contributed by atoms with E-state index in [0.29, 0.717) is 5.56 Å². The van der Waals surface area contributed by atoms with Gasteiger partial charge in [0, 0.05) is 5.56 Å². The number of ketones is 1. The van der Waals surface area contributed by atoms with Gasteiger partial charge in [-0.1, -0.05) is 49.6 Å². The number of carbonyl (C=O) groups is 1. The highest BCUT2D eigenvalue weighted by Crippen LogP contribution is 2.30. The molecule has 0 aromatic heterocycles. The van der Waals surface area contributed by atoms with Crippen molar-refractivity contribution in [1.82, 2.24) is 0 Å². The molecule has 1 aliphatic carbocycles. The molecular formula is C14H19NO3S. The SMILES string of the molecule is NS(=O)(=O)C(C(=O)c1ccccc1)C1CCCCC1. The molecule has 1 unspecified atom stereocenters. The van der Waals surface area contributed by atoms with Gasteiger partial charge in [0.05, 0.1) is 0 Å². The van der Waals surface area contributed by atoms with Gasteiger partial charge in [-0.05, 0) is 18.8 Å². The van der Waals surface area contributed by atoms with E-state index < -0.39 is 15.3 Å². The number of rotatable bonds is 4. The van der Waals surface area contributed by atoms with Crippen molar-refractivity contribution in [2.75, 3.05) is 0 Å². The Morgan fingerprint density at radius 1 is 1.11 bits per heavy atom. The summed E-state index contributed by atoms with van der Waals surface area (Å²) in [6, 6.07) is 8.54. The van der Waals surface area contributed by atoms with Gasteiger partial charge in [0.15, 0.2) is 5.78 Å².